The third kappa shape index (κ3) is 2.95. The van der Waals surface area contributed by atoms with Crippen LogP contribution >= 0.6 is 0 Å². The minimum Gasteiger partial charge on any atom is -0.481 e. The van der Waals surface area contributed by atoms with Crippen LogP contribution in [-0.4, -0.2) is 25.6 Å². The van der Waals surface area contributed by atoms with E-state index in [0.717, 1.165) is 0 Å². The first-order chi connectivity index (χ1) is 9.08. The summed E-state index contributed by atoms with van der Waals surface area (Å²) in [4.78, 5) is 24.8. The van der Waals surface area contributed by atoms with Crippen molar-refractivity contribution in [1.29, 1.82) is 0 Å². The molecule has 7 heteroatoms. The fraction of sp³-hybridized carbons (Fsp3) is 0.167. The van der Waals surface area contributed by atoms with Crippen LogP contribution in [0, 0.1) is 10.1 Å². The monoisotopic (exact) mass is 261 g/mol. The third-order valence-corrected chi connectivity index (χ3v) is 2.70. The Labute approximate surface area is 108 Å². The number of aliphatic carboxylic acids is 1. The molecule has 1 heterocycles. The van der Waals surface area contributed by atoms with Crippen molar-refractivity contribution in [2.75, 3.05) is 0 Å². The van der Waals surface area contributed by atoms with Gasteiger partial charge in [-0.2, -0.15) is 0 Å². The number of hydrogen-bond acceptors (Lipinski definition) is 4. The molecule has 7 nitrogen and oxygen atoms in total. The Hall–Kier alpha value is -2.70. The van der Waals surface area contributed by atoms with E-state index in [2.05, 4.69) is 4.98 Å². The Morgan fingerprint density at radius 1 is 1.42 bits per heavy atom. The highest BCUT2D eigenvalue weighted by molar-refractivity contribution is 5.75. The Morgan fingerprint density at radius 2 is 2.11 bits per heavy atom. The number of nitro groups is 1. The molecule has 2 aromatic rings. The lowest BCUT2D eigenvalue weighted by atomic mass is 9.99. The first-order valence-electron chi connectivity index (χ1n) is 5.52. The van der Waals surface area contributed by atoms with E-state index in [1.807, 2.05) is 0 Å². The maximum atomic E-state index is 11.3. The standard InChI is InChI=1S/C12H11N3O4/c16-12(17)10(9-4-2-1-3-5-9)6-14-7-11(13-8-14)15(18)19/h1-5,7-8,10H,6H2,(H,16,17). The molecule has 0 aliphatic heterocycles. The molecule has 98 valence electrons. The molecule has 1 aromatic carbocycles. The van der Waals surface area contributed by atoms with Crippen LogP contribution in [0.4, 0.5) is 5.82 Å². The number of benzene rings is 1. The van der Waals surface area contributed by atoms with E-state index in [0.29, 0.717) is 5.56 Å². The van der Waals surface area contributed by atoms with Gasteiger partial charge in [-0.15, -0.1) is 0 Å². The van der Waals surface area contributed by atoms with Gasteiger partial charge in [-0.1, -0.05) is 30.3 Å². The fourth-order valence-corrected chi connectivity index (χ4v) is 1.76. The summed E-state index contributed by atoms with van der Waals surface area (Å²) < 4.78 is 1.41. The van der Waals surface area contributed by atoms with Crippen LogP contribution in [0.1, 0.15) is 11.5 Å². The van der Waals surface area contributed by atoms with Gasteiger partial charge >= 0.3 is 11.8 Å². The largest absolute Gasteiger partial charge is 0.481 e. The van der Waals surface area contributed by atoms with Gasteiger partial charge in [0.25, 0.3) is 0 Å². The van der Waals surface area contributed by atoms with Crippen molar-refractivity contribution in [3.8, 4) is 0 Å². The maximum Gasteiger partial charge on any atom is 0.381 e. The Bertz CT molecular complexity index is 594. The molecular formula is C12H11N3O4. The second-order valence-electron chi connectivity index (χ2n) is 3.99. The van der Waals surface area contributed by atoms with Gasteiger partial charge in [-0.3, -0.25) is 4.79 Å². The number of hydrogen-bond donors (Lipinski definition) is 1. The van der Waals surface area contributed by atoms with Gasteiger partial charge < -0.3 is 19.8 Å². The van der Waals surface area contributed by atoms with E-state index in [1.54, 1.807) is 30.3 Å². The SMILES string of the molecule is O=C(O)C(Cn1cnc([N+](=O)[O-])c1)c1ccccc1. The summed E-state index contributed by atoms with van der Waals surface area (Å²) in [6.07, 6.45) is 2.48. The summed E-state index contributed by atoms with van der Waals surface area (Å²) in [5.41, 5.74) is 0.645. The average molecular weight is 261 g/mol. The quantitative estimate of drug-likeness (QED) is 0.651. The summed E-state index contributed by atoms with van der Waals surface area (Å²) in [6, 6.07) is 8.72. The molecule has 0 fully saturated rings. The van der Waals surface area contributed by atoms with Crippen molar-refractivity contribution in [3.63, 3.8) is 0 Å². The molecule has 0 saturated carbocycles. The Balaban J connectivity index is 2.22. The summed E-state index contributed by atoms with van der Waals surface area (Å²) in [6.45, 7) is 0.0974. The lowest BCUT2D eigenvalue weighted by Gasteiger charge is -2.12. The van der Waals surface area contributed by atoms with Crippen LogP contribution in [0.25, 0.3) is 0 Å². The van der Waals surface area contributed by atoms with Crippen molar-refractivity contribution >= 4 is 11.8 Å². The minimum absolute atomic E-state index is 0.0974. The predicted octanol–water partition coefficient (Wildman–Crippen LogP) is 1.66. The summed E-state index contributed by atoms with van der Waals surface area (Å²) >= 11 is 0. The van der Waals surface area contributed by atoms with Gasteiger partial charge in [0.05, 0.1) is 5.92 Å². The zero-order chi connectivity index (χ0) is 13.8. The van der Waals surface area contributed by atoms with Crippen LogP contribution < -0.4 is 0 Å². The van der Waals surface area contributed by atoms with Gasteiger partial charge in [0.2, 0.25) is 6.33 Å². The Morgan fingerprint density at radius 3 is 2.63 bits per heavy atom. The molecule has 1 N–H and O–H groups in total. The zero-order valence-corrected chi connectivity index (χ0v) is 9.84. The molecule has 0 aliphatic rings. The summed E-state index contributed by atoms with van der Waals surface area (Å²) in [5, 5.41) is 19.8. The van der Waals surface area contributed by atoms with Crippen LogP contribution in [0.5, 0.6) is 0 Å². The van der Waals surface area contributed by atoms with E-state index in [-0.39, 0.29) is 12.4 Å². The molecule has 1 atom stereocenters. The van der Waals surface area contributed by atoms with Crippen LogP contribution in [0.15, 0.2) is 42.9 Å². The lowest BCUT2D eigenvalue weighted by Crippen LogP contribution is -2.17. The molecule has 0 spiro atoms. The normalized spacial score (nSPS) is 12.0. The van der Waals surface area contributed by atoms with Crippen molar-refractivity contribution in [2.24, 2.45) is 0 Å². The number of imidazole rings is 1. The summed E-state index contributed by atoms with van der Waals surface area (Å²) in [7, 11) is 0. The van der Waals surface area contributed by atoms with E-state index in [9.17, 15) is 20.0 Å². The molecular weight excluding hydrogens is 250 g/mol. The topological polar surface area (TPSA) is 98.3 Å². The van der Waals surface area contributed by atoms with Gasteiger partial charge in [-0.25, -0.2) is 0 Å². The average Bonchev–Trinajstić information content (AvgIpc) is 2.85. The van der Waals surface area contributed by atoms with Gasteiger partial charge in [0.15, 0.2) is 0 Å². The number of carboxylic acids is 1. The van der Waals surface area contributed by atoms with E-state index < -0.39 is 16.8 Å². The third-order valence-electron chi connectivity index (χ3n) is 2.70. The van der Waals surface area contributed by atoms with Crippen LogP contribution in [0.3, 0.4) is 0 Å². The molecule has 0 aliphatic carbocycles. The number of carbonyl (C=O) groups is 1. The number of carboxylic acid groups (broad SMARTS) is 1. The number of aromatic nitrogens is 2. The minimum atomic E-state index is -0.984. The van der Waals surface area contributed by atoms with Crippen LogP contribution in [0.2, 0.25) is 0 Å². The highest BCUT2D eigenvalue weighted by atomic mass is 16.6. The van der Waals surface area contributed by atoms with E-state index >= 15 is 0 Å². The molecule has 0 amide bonds. The summed E-state index contributed by atoms with van der Waals surface area (Å²) in [5.74, 6) is -2.05. The molecule has 1 unspecified atom stereocenters. The molecule has 0 bridgehead atoms. The second-order valence-corrected chi connectivity index (χ2v) is 3.99. The van der Waals surface area contributed by atoms with Gasteiger partial charge in [0, 0.05) is 6.54 Å². The number of rotatable bonds is 5. The Kier molecular flexibility index (Phi) is 3.56. The van der Waals surface area contributed by atoms with Crippen molar-refractivity contribution in [2.45, 2.75) is 12.5 Å². The van der Waals surface area contributed by atoms with E-state index in [4.69, 9.17) is 0 Å². The van der Waals surface area contributed by atoms with E-state index in [1.165, 1.54) is 17.1 Å². The number of nitrogens with zero attached hydrogens (tertiary/aromatic N) is 3. The fourth-order valence-electron chi connectivity index (χ4n) is 1.76. The van der Waals surface area contributed by atoms with Gasteiger partial charge in [-0.05, 0) is 15.5 Å². The first kappa shape index (κ1) is 12.7. The van der Waals surface area contributed by atoms with Crippen molar-refractivity contribution < 1.29 is 14.8 Å². The van der Waals surface area contributed by atoms with Crippen molar-refractivity contribution in [3.05, 3.63) is 58.5 Å². The first-order valence-corrected chi connectivity index (χ1v) is 5.52. The molecule has 2 rings (SSSR count). The highest BCUT2D eigenvalue weighted by Crippen LogP contribution is 2.19. The van der Waals surface area contributed by atoms with Crippen LogP contribution in [-0.2, 0) is 11.3 Å². The highest BCUT2D eigenvalue weighted by Gasteiger charge is 2.21. The van der Waals surface area contributed by atoms with Crippen molar-refractivity contribution in [1.82, 2.24) is 9.55 Å². The smallest absolute Gasteiger partial charge is 0.381 e. The molecule has 0 saturated heterocycles. The maximum absolute atomic E-state index is 11.3. The predicted molar refractivity (Wildman–Crippen MR) is 65.7 cm³/mol. The molecule has 19 heavy (non-hydrogen) atoms. The lowest BCUT2D eigenvalue weighted by molar-refractivity contribution is -0.389. The van der Waals surface area contributed by atoms with Gasteiger partial charge in [0.1, 0.15) is 6.20 Å². The molecule has 0 radical (unpaired) electrons. The zero-order valence-electron chi connectivity index (χ0n) is 9.84. The second kappa shape index (κ2) is 5.30. The molecule has 1 aromatic heterocycles.